The van der Waals surface area contributed by atoms with E-state index >= 15 is 0 Å². The Morgan fingerprint density at radius 2 is 1.86 bits per heavy atom. The molecule has 0 spiro atoms. The smallest absolute Gasteiger partial charge is 0.408 e. The molecule has 14 heteroatoms. The Kier molecular flexibility index (Phi) is 8.02. The van der Waals surface area contributed by atoms with Crippen molar-refractivity contribution in [2.24, 2.45) is 0 Å². The molecule has 1 aromatic carbocycles. The lowest BCUT2D eigenvalue weighted by Gasteiger charge is -2.40. The minimum absolute atomic E-state index is 0.0535. The van der Waals surface area contributed by atoms with Crippen LogP contribution in [0.25, 0.3) is 11.2 Å². The number of nitrogens with one attached hydrogen (secondary N) is 1. The number of benzene rings is 1. The number of methoxy groups -OCH3 is 1. The van der Waals surface area contributed by atoms with Crippen LogP contribution in [-0.2, 0) is 11.3 Å². The van der Waals surface area contributed by atoms with Crippen LogP contribution in [0.4, 0.5) is 16.4 Å². The highest BCUT2D eigenvalue weighted by atomic mass is 16.6. The fraction of sp³-hybridized carbons (Fsp3) is 0.414. The molecule has 5 rings (SSSR count). The Morgan fingerprint density at radius 3 is 2.51 bits per heavy atom. The number of alkyl carbamates (subject to hydrolysis) is 1. The number of carbonyl (C=O) groups is 1. The van der Waals surface area contributed by atoms with E-state index in [2.05, 4.69) is 25.3 Å². The van der Waals surface area contributed by atoms with Crippen molar-refractivity contribution < 1.29 is 23.9 Å². The van der Waals surface area contributed by atoms with Gasteiger partial charge < -0.3 is 34.5 Å². The molecule has 4 aromatic rings. The summed E-state index contributed by atoms with van der Waals surface area (Å²) in [6.45, 7) is 9.11. The van der Waals surface area contributed by atoms with Gasteiger partial charge in [0.25, 0.3) is 5.88 Å². The molecule has 1 aliphatic rings. The first-order valence-electron chi connectivity index (χ1n) is 13.8. The molecule has 0 saturated carbocycles. The number of nitro groups is 1. The number of amides is 1. The quantitative estimate of drug-likeness (QED) is 0.220. The van der Waals surface area contributed by atoms with Crippen molar-refractivity contribution in [2.75, 3.05) is 25.1 Å². The van der Waals surface area contributed by atoms with Crippen LogP contribution in [0.5, 0.6) is 17.4 Å². The molecule has 0 bridgehead atoms. The van der Waals surface area contributed by atoms with Crippen LogP contribution in [0.1, 0.15) is 46.1 Å². The lowest BCUT2D eigenvalue weighted by molar-refractivity contribution is -0.390. The third-order valence-electron chi connectivity index (χ3n) is 7.02. The van der Waals surface area contributed by atoms with Gasteiger partial charge in [0.15, 0.2) is 11.2 Å². The molecule has 0 atom stereocenters. The van der Waals surface area contributed by atoms with Crippen molar-refractivity contribution >= 4 is 28.9 Å². The summed E-state index contributed by atoms with van der Waals surface area (Å²) < 4.78 is 18.3. The minimum atomic E-state index is -0.614. The molecule has 1 N–H and O–H groups in total. The highest BCUT2D eigenvalue weighted by Crippen LogP contribution is 2.33. The first-order valence-corrected chi connectivity index (χ1v) is 13.8. The van der Waals surface area contributed by atoms with Gasteiger partial charge in [-0.25, -0.2) is 19.4 Å². The highest BCUT2D eigenvalue weighted by Gasteiger charge is 2.34. The number of rotatable bonds is 8. The molecule has 3 aromatic heterocycles. The topological polar surface area (TPSA) is 160 Å². The van der Waals surface area contributed by atoms with Crippen LogP contribution in [0.3, 0.4) is 0 Å². The van der Waals surface area contributed by atoms with Gasteiger partial charge in [0.05, 0.1) is 19.9 Å². The Bertz CT molecular complexity index is 1620. The number of anilines is 1. The number of fused-ring (bicyclic) bond motifs is 1. The summed E-state index contributed by atoms with van der Waals surface area (Å²) >= 11 is 0. The van der Waals surface area contributed by atoms with Crippen LogP contribution in [-0.4, -0.2) is 67.1 Å². The zero-order valence-corrected chi connectivity index (χ0v) is 24.7. The Morgan fingerprint density at radius 1 is 1.14 bits per heavy atom. The molecular formula is C29H34N8O6. The predicted molar refractivity (Wildman–Crippen MR) is 158 cm³/mol. The zero-order valence-electron chi connectivity index (χ0n) is 24.7. The fourth-order valence-corrected chi connectivity index (χ4v) is 4.75. The summed E-state index contributed by atoms with van der Waals surface area (Å²) in [7, 11) is 1.60. The van der Waals surface area contributed by atoms with Crippen molar-refractivity contribution in [1.82, 2.24) is 30.0 Å². The molecule has 1 fully saturated rings. The van der Waals surface area contributed by atoms with E-state index in [1.165, 1.54) is 12.3 Å². The van der Waals surface area contributed by atoms with Crippen LogP contribution in [0.15, 0.2) is 48.8 Å². The van der Waals surface area contributed by atoms with E-state index in [9.17, 15) is 14.9 Å². The van der Waals surface area contributed by atoms with E-state index in [1.807, 2.05) is 52.0 Å². The van der Waals surface area contributed by atoms with E-state index in [-0.39, 0.29) is 11.6 Å². The van der Waals surface area contributed by atoms with Gasteiger partial charge in [-0.1, -0.05) is 12.1 Å². The third-order valence-corrected chi connectivity index (χ3v) is 7.02. The van der Waals surface area contributed by atoms with Gasteiger partial charge in [-0.15, -0.1) is 5.10 Å². The van der Waals surface area contributed by atoms with E-state index in [4.69, 9.17) is 19.2 Å². The largest absolute Gasteiger partial charge is 0.497 e. The molecule has 1 amide bonds. The summed E-state index contributed by atoms with van der Waals surface area (Å²) in [4.78, 5) is 38.8. The lowest BCUT2D eigenvalue weighted by Crippen LogP contribution is -2.54. The maximum atomic E-state index is 12.4. The molecule has 0 aliphatic carbocycles. The van der Waals surface area contributed by atoms with E-state index < -0.39 is 28.0 Å². The second kappa shape index (κ2) is 11.7. The summed E-state index contributed by atoms with van der Waals surface area (Å²) in [6, 6.07) is 10.5. The summed E-state index contributed by atoms with van der Waals surface area (Å²) in [5.41, 5.74) is 0.731. The maximum Gasteiger partial charge on any atom is 0.408 e. The average Bonchev–Trinajstić information content (AvgIpc) is 3.28. The van der Waals surface area contributed by atoms with Crippen LogP contribution in [0, 0.1) is 10.1 Å². The number of hydrogen-bond donors (Lipinski definition) is 1. The standard InChI is InChI=1S/C29H34N8O6/c1-28(2,3)43-27(38)33-29(4)12-15-35(16-13-29)22-17-31-23-25(32-22)36(18-19-8-10-20(41-5)11-9-19)34-26(23)42-21-7-6-14-30-24(21)37(39)40/h6-11,14,17H,12-13,15-16,18H2,1-5H3,(H,33,38). The molecule has 43 heavy (non-hydrogen) atoms. The lowest BCUT2D eigenvalue weighted by atomic mass is 9.90. The SMILES string of the molecule is COc1ccc(Cn2nc(Oc3cccnc3[N+](=O)[O-])c3ncc(N4CCC(C)(NC(=O)OC(C)(C)C)CC4)nc32)cc1. The maximum absolute atomic E-state index is 12.4. The molecular weight excluding hydrogens is 556 g/mol. The Hall–Kier alpha value is -5.01. The van der Waals surface area contributed by atoms with E-state index in [0.717, 1.165) is 11.3 Å². The van der Waals surface area contributed by atoms with Gasteiger partial charge in [-0.2, -0.15) is 0 Å². The molecule has 0 unspecified atom stereocenters. The van der Waals surface area contributed by atoms with Crippen LogP contribution in [0.2, 0.25) is 0 Å². The number of pyridine rings is 1. The van der Waals surface area contributed by atoms with Gasteiger partial charge in [0.2, 0.25) is 5.75 Å². The third kappa shape index (κ3) is 6.90. The molecule has 4 heterocycles. The number of hydrogen-bond acceptors (Lipinski definition) is 11. The Labute approximate surface area is 248 Å². The number of carbonyl (C=O) groups excluding carboxylic acids is 1. The monoisotopic (exact) mass is 590 g/mol. The molecule has 226 valence electrons. The second-order valence-corrected chi connectivity index (χ2v) is 11.6. The van der Waals surface area contributed by atoms with E-state index in [1.54, 1.807) is 24.1 Å². The van der Waals surface area contributed by atoms with Crippen molar-refractivity contribution in [1.29, 1.82) is 0 Å². The number of aromatic nitrogens is 5. The van der Waals surface area contributed by atoms with Crippen molar-refractivity contribution in [3.8, 4) is 17.4 Å². The van der Waals surface area contributed by atoms with Crippen molar-refractivity contribution in [3.63, 3.8) is 0 Å². The summed E-state index contributed by atoms with van der Waals surface area (Å²) in [5.74, 6) is 0.957. The average molecular weight is 591 g/mol. The van der Waals surface area contributed by atoms with Gasteiger partial charge in [-0.3, -0.25) is 0 Å². The number of ether oxygens (including phenoxy) is 3. The van der Waals surface area contributed by atoms with Crippen molar-refractivity contribution in [2.45, 2.75) is 58.2 Å². The second-order valence-electron chi connectivity index (χ2n) is 11.6. The highest BCUT2D eigenvalue weighted by molar-refractivity contribution is 5.78. The predicted octanol–water partition coefficient (Wildman–Crippen LogP) is 4.86. The van der Waals surface area contributed by atoms with Gasteiger partial charge >= 0.3 is 11.9 Å². The molecule has 0 radical (unpaired) electrons. The molecule has 14 nitrogen and oxygen atoms in total. The molecule has 1 aliphatic heterocycles. The summed E-state index contributed by atoms with van der Waals surface area (Å²) in [5, 5.41) is 19.1. The Balaban J connectivity index is 1.42. The van der Waals surface area contributed by atoms with Crippen molar-refractivity contribution in [3.05, 3.63) is 64.5 Å². The minimum Gasteiger partial charge on any atom is -0.497 e. The van der Waals surface area contributed by atoms with Gasteiger partial charge in [0.1, 0.15) is 23.4 Å². The van der Waals surface area contributed by atoms with Crippen LogP contribution < -0.4 is 19.7 Å². The molecule has 1 saturated heterocycles. The zero-order chi connectivity index (χ0) is 30.8. The normalized spacial score (nSPS) is 14.8. The van der Waals surface area contributed by atoms with Crippen LogP contribution >= 0.6 is 0 Å². The number of nitrogens with zero attached hydrogens (tertiary/aromatic N) is 7. The summed E-state index contributed by atoms with van der Waals surface area (Å²) in [6.07, 6.45) is 3.88. The fourth-order valence-electron chi connectivity index (χ4n) is 4.75. The first kappa shape index (κ1) is 29.5. The van der Waals surface area contributed by atoms with Gasteiger partial charge in [0, 0.05) is 18.6 Å². The number of piperidine rings is 1. The first-order chi connectivity index (χ1) is 20.4. The van der Waals surface area contributed by atoms with E-state index in [0.29, 0.717) is 49.5 Å². The van der Waals surface area contributed by atoms with Gasteiger partial charge in [-0.05, 0) is 80.3 Å².